The van der Waals surface area contributed by atoms with E-state index in [-0.39, 0.29) is 36.0 Å². The second-order valence-corrected chi connectivity index (χ2v) is 9.68. The lowest BCUT2D eigenvalue weighted by Gasteiger charge is -2.34. The van der Waals surface area contributed by atoms with E-state index >= 15 is 0 Å². The quantitative estimate of drug-likeness (QED) is 0.474. The first-order valence-electron chi connectivity index (χ1n) is 10.5. The van der Waals surface area contributed by atoms with E-state index in [1.54, 1.807) is 61.7 Å². The first-order chi connectivity index (χ1) is 16.4. The smallest absolute Gasteiger partial charge is 0.264 e. The minimum Gasteiger partial charge on any atom is -0.497 e. The Balaban J connectivity index is 1.45. The van der Waals surface area contributed by atoms with Gasteiger partial charge in [-0.1, -0.05) is 29.8 Å². The molecule has 8 nitrogen and oxygen atoms in total. The standard InChI is InChI=1S/C24H23ClN2O6S/c1-31-18-8-10-19(11-9-18)32-14-13-26-24(28)23-16-27(21-15-17(25)7-12-22(21)33-23)34(29,30)20-5-3-2-4-6-20/h2-12,15,23H,13-14,16H2,1H3,(H,26,28)/t23-/m0/s1. The minimum atomic E-state index is -3.95. The third-order valence-corrected chi connectivity index (χ3v) is 7.17. The first-order valence-corrected chi connectivity index (χ1v) is 12.3. The van der Waals surface area contributed by atoms with E-state index in [4.69, 9.17) is 25.8 Å². The van der Waals surface area contributed by atoms with Gasteiger partial charge >= 0.3 is 0 Å². The van der Waals surface area contributed by atoms with Crippen LogP contribution in [0, 0.1) is 0 Å². The van der Waals surface area contributed by atoms with Crippen LogP contribution in [0.5, 0.6) is 17.2 Å². The minimum absolute atomic E-state index is 0.106. The van der Waals surface area contributed by atoms with Gasteiger partial charge in [0.2, 0.25) is 0 Å². The highest BCUT2D eigenvalue weighted by Crippen LogP contribution is 2.38. The highest BCUT2D eigenvalue weighted by Gasteiger charge is 2.37. The molecule has 1 N–H and O–H groups in total. The van der Waals surface area contributed by atoms with Crippen molar-refractivity contribution in [2.45, 2.75) is 11.0 Å². The Morgan fingerprint density at radius 2 is 1.79 bits per heavy atom. The third kappa shape index (κ3) is 5.21. The van der Waals surface area contributed by atoms with Crippen LogP contribution in [0.15, 0.2) is 77.7 Å². The maximum atomic E-state index is 13.4. The number of anilines is 1. The summed E-state index contributed by atoms with van der Waals surface area (Å²) < 4.78 is 44.4. The van der Waals surface area contributed by atoms with Crippen molar-refractivity contribution in [3.63, 3.8) is 0 Å². The van der Waals surface area contributed by atoms with Crippen LogP contribution in [0.3, 0.4) is 0 Å². The highest BCUT2D eigenvalue weighted by atomic mass is 35.5. The number of nitrogens with one attached hydrogen (secondary N) is 1. The monoisotopic (exact) mass is 502 g/mol. The van der Waals surface area contributed by atoms with Gasteiger partial charge in [-0.15, -0.1) is 0 Å². The summed E-state index contributed by atoms with van der Waals surface area (Å²) in [5.41, 5.74) is 0.281. The summed E-state index contributed by atoms with van der Waals surface area (Å²) in [5.74, 6) is 1.15. The largest absolute Gasteiger partial charge is 0.497 e. The van der Waals surface area contributed by atoms with Crippen LogP contribution >= 0.6 is 11.6 Å². The van der Waals surface area contributed by atoms with Gasteiger partial charge in [0.15, 0.2) is 6.10 Å². The van der Waals surface area contributed by atoms with Crippen LogP contribution in [0.1, 0.15) is 0 Å². The maximum absolute atomic E-state index is 13.4. The molecule has 1 aliphatic heterocycles. The molecule has 1 atom stereocenters. The molecule has 3 aromatic rings. The summed E-state index contributed by atoms with van der Waals surface area (Å²) in [7, 11) is -2.36. The molecule has 0 unspecified atom stereocenters. The molecule has 34 heavy (non-hydrogen) atoms. The number of benzene rings is 3. The number of hydrogen-bond donors (Lipinski definition) is 1. The average Bonchev–Trinajstić information content (AvgIpc) is 2.86. The number of fused-ring (bicyclic) bond motifs is 1. The predicted molar refractivity (Wildman–Crippen MR) is 128 cm³/mol. The summed E-state index contributed by atoms with van der Waals surface area (Å²) in [5, 5.41) is 3.09. The van der Waals surface area contributed by atoms with E-state index in [9.17, 15) is 13.2 Å². The maximum Gasteiger partial charge on any atom is 0.264 e. The van der Waals surface area contributed by atoms with E-state index < -0.39 is 22.0 Å². The van der Waals surface area contributed by atoms with Crippen molar-refractivity contribution >= 4 is 33.2 Å². The Bertz CT molecular complexity index is 1250. The number of sulfonamides is 1. The molecule has 3 aromatic carbocycles. The molecule has 0 saturated heterocycles. The van der Waals surface area contributed by atoms with Gasteiger partial charge in [0.1, 0.15) is 23.9 Å². The number of ether oxygens (including phenoxy) is 3. The van der Waals surface area contributed by atoms with Crippen molar-refractivity contribution < 1.29 is 27.4 Å². The Kier molecular flexibility index (Phi) is 7.14. The number of amides is 1. The summed E-state index contributed by atoms with van der Waals surface area (Å²) in [6, 6.07) is 19.7. The number of rotatable bonds is 8. The summed E-state index contributed by atoms with van der Waals surface area (Å²) in [4.78, 5) is 12.9. The fourth-order valence-electron chi connectivity index (χ4n) is 3.44. The molecule has 0 fully saturated rings. The summed E-state index contributed by atoms with van der Waals surface area (Å²) >= 11 is 6.11. The highest BCUT2D eigenvalue weighted by molar-refractivity contribution is 7.92. The molecule has 0 radical (unpaired) electrons. The van der Waals surface area contributed by atoms with Gasteiger partial charge in [0, 0.05) is 5.02 Å². The average molecular weight is 503 g/mol. The van der Waals surface area contributed by atoms with Crippen LogP contribution in [0.4, 0.5) is 5.69 Å². The van der Waals surface area contributed by atoms with Crippen molar-refractivity contribution in [2.24, 2.45) is 0 Å². The van der Waals surface area contributed by atoms with Gasteiger partial charge in [-0.05, 0) is 54.6 Å². The number of carbonyl (C=O) groups is 1. The SMILES string of the molecule is COc1ccc(OCCNC(=O)[C@@H]2CN(S(=O)(=O)c3ccccc3)c3cc(Cl)ccc3O2)cc1. The number of nitrogens with zero attached hydrogens (tertiary/aromatic N) is 1. The van der Waals surface area contributed by atoms with Crippen molar-refractivity contribution in [3.8, 4) is 17.2 Å². The zero-order chi connectivity index (χ0) is 24.1. The van der Waals surface area contributed by atoms with Crippen molar-refractivity contribution in [1.29, 1.82) is 0 Å². The Morgan fingerprint density at radius 1 is 1.09 bits per heavy atom. The summed E-state index contributed by atoms with van der Waals surface area (Å²) in [6.07, 6.45) is -1.05. The fraction of sp³-hybridized carbons (Fsp3) is 0.208. The molecule has 0 aliphatic carbocycles. The second-order valence-electron chi connectivity index (χ2n) is 7.38. The van der Waals surface area contributed by atoms with Crippen molar-refractivity contribution in [1.82, 2.24) is 5.32 Å². The van der Waals surface area contributed by atoms with Crippen LogP contribution in [-0.2, 0) is 14.8 Å². The van der Waals surface area contributed by atoms with Crippen LogP contribution < -0.4 is 23.8 Å². The van der Waals surface area contributed by atoms with Gasteiger partial charge in [-0.3, -0.25) is 9.10 Å². The molecule has 0 aromatic heterocycles. The molecule has 0 spiro atoms. The van der Waals surface area contributed by atoms with Gasteiger partial charge < -0.3 is 19.5 Å². The van der Waals surface area contributed by atoms with E-state index in [0.29, 0.717) is 16.5 Å². The molecule has 1 aliphatic rings. The fourth-order valence-corrected chi connectivity index (χ4v) is 5.09. The molecule has 4 rings (SSSR count). The van der Waals surface area contributed by atoms with E-state index in [0.717, 1.165) is 4.31 Å². The Hall–Kier alpha value is -3.43. The second kappa shape index (κ2) is 10.2. The number of methoxy groups -OCH3 is 1. The number of halogens is 1. The lowest BCUT2D eigenvalue weighted by atomic mass is 10.2. The van der Waals surface area contributed by atoms with Gasteiger partial charge in [-0.2, -0.15) is 0 Å². The third-order valence-electron chi connectivity index (χ3n) is 5.14. The lowest BCUT2D eigenvalue weighted by Crippen LogP contribution is -2.51. The van der Waals surface area contributed by atoms with Crippen molar-refractivity contribution in [3.05, 3.63) is 77.8 Å². The molecule has 178 valence electrons. The molecular formula is C24H23ClN2O6S. The lowest BCUT2D eigenvalue weighted by molar-refractivity contribution is -0.127. The molecular weight excluding hydrogens is 480 g/mol. The molecule has 1 amide bonds. The molecule has 1 heterocycles. The topological polar surface area (TPSA) is 94.2 Å². The van der Waals surface area contributed by atoms with E-state index in [1.807, 2.05) is 0 Å². The van der Waals surface area contributed by atoms with E-state index in [2.05, 4.69) is 5.32 Å². The normalized spacial score (nSPS) is 15.1. The zero-order valence-corrected chi connectivity index (χ0v) is 19.9. The molecule has 0 saturated carbocycles. The summed E-state index contributed by atoms with van der Waals surface area (Å²) in [6.45, 7) is 0.238. The van der Waals surface area contributed by atoms with Crippen LogP contribution in [-0.4, -0.2) is 47.2 Å². The zero-order valence-electron chi connectivity index (χ0n) is 18.3. The molecule has 10 heteroatoms. The van der Waals surface area contributed by atoms with Crippen molar-refractivity contribution in [2.75, 3.05) is 31.1 Å². The van der Waals surface area contributed by atoms with Crippen LogP contribution in [0.2, 0.25) is 5.02 Å². The van der Waals surface area contributed by atoms with Gasteiger partial charge in [0.05, 0.1) is 30.8 Å². The molecule has 0 bridgehead atoms. The Labute approximate surface area is 203 Å². The van der Waals surface area contributed by atoms with E-state index in [1.165, 1.54) is 18.2 Å². The predicted octanol–water partition coefficient (Wildman–Crippen LogP) is 3.50. The van der Waals surface area contributed by atoms with Gasteiger partial charge in [0.25, 0.3) is 15.9 Å². The van der Waals surface area contributed by atoms with Crippen LogP contribution in [0.25, 0.3) is 0 Å². The first kappa shape index (κ1) is 23.7. The number of hydrogen-bond acceptors (Lipinski definition) is 6. The van der Waals surface area contributed by atoms with Gasteiger partial charge in [-0.25, -0.2) is 8.42 Å². The Morgan fingerprint density at radius 3 is 2.50 bits per heavy atom. The number of carbonyl (C=O) groups excluding carboxylic acids is 1.